The number of nitrogens with zero attached hydrogens (tertiary/aromatic N) is 2. The van der Waals surface area contributed by atoms with Crippen molar-refractivity contribution in [3.63, 3.8) is 0 Å². The highest BCUT2D eigenvalue weighted by Gasteiger charge is 2.41. The third kappa shape index (κ3) is 5.61. The molecule has 2 heterocycles. The second-order valence-electron chi connectivity index (χ2n) is 12.1. The van der Waals surface area contributed by atoms with Gasteiger partial charge in [-0.25, -0.2) is 0 Å². The van der Waals surface area contributed by atoms with Crippen LogP contribution >= 0.6 is 0 Å². The summed E-state index contributed by atoms with van der Waals surface area (Å²) in [4.78, 5) is 8.77. The van der Waals surface area contributed by atoms with Crippen LogP contribution in [0.15, 0.2) is 61.2 Å². The first kappa shape index (κ1) is 26.2. The lowest BCUT2D eigenvalue weighted by atomic mass is 10.00. The summed E-state index contributed by atoms with van der Waals surface area (Å²) in [5.74, 6) is 1.75. The lowest BCUT2D eigenvalue weighted by Gasteiger charge is -2.39. The predicted octanol–water partition coefficient (Wildman–Crippen LogP) is 8.58. The van der Waals surface area contributed by atoms with E-state index in [0.29, 0.717) is 0 Å². The van der Waals surface area contributed by atoms with Crippen LogP contribution in [0.1, 0.15) is 41.5 Å². The first-order valence-electron chi connectivity index (χ1n) is 12.0. The summed E-state index contributed by atoms with van der Waals surface area (Å²) in [6.07, 6.45) is 7.39. The average molecular weight is 493 g/mol. The van der Waals surface area contributed by atoms with Crippen LogP contribution in [0.25, 0.3) is 22.3 Å². The molecule has 0 fully saturated rings. The van der Waals surface area contributed by atoms with Crippen molar-refractivity contribution in [1.82, 2.24) is 9.97 Å². The van der Waals surface area contributed by atoms with Gasteiger partial charge in [0, 0.05) is 47.0 Å². The molecular formula is C28H40N2O2Si2. The summed E-state index contributed by atoms with van der Waals surface area (Å²) in [5, 5.41) is 0.147. The van der Waals surface area contributed by atoms with E-state index in [4.69, 9.17) is 8.85 Å². The molecule has 0 bridgehead atoms. The molecule has 0 saturated heterocycles. The Morgan fingerprint density at radius 1 is 0.618 bits per heavy atom. The molecule has 0 radical (unpaired) electrons. The fraction of sp³-hybridized carbons (Fsp3) is 0.429. The highest BCUT2D eigenvalue weighted by molar-refractivity contribution is 6.75. The molecule has 0 spiro atoms. The zero-order valence-electron chi connectivity index (χ0n) is 22.5. The zero-order chi connectivity index (χ0) is 25.4. The van der Waals surface area contributed by atoms with Gasteiger partial charge in [0.15, 0.2) is 0 Å². The minimum Gasteiger partial charge on any atom is -0.543 e. The number of rotatable bonds is 6. The Morgan fingerprint density at radius 2 is 0.971 bits per heavy atom. The van der Waals surface area contributed by atoms with Crippen LogP contribution in [0.3, 0.4) is 0 Å². The van der Waals surface area contributed by atoms with Gasteiger partial charge in [0.25, 0.3) is 16.6 Å². The molecule has 0 aliphatic carbocycles. The molecule has 4 nitrogen and oxygen atoms in total. The van der Waals surface area contributed by atoms with Crippen LogP contribution in [0.2, 0.25) is 36.3 Å². The molecular weight excluding hydrogens is 452 g/mol. The largest absolute Gasteiger partial charge is 0.543 e. The molecule has 0 N–H and O–H groups in total. The van der Waals surface area contributed by atoms with Gasteiger partial charge >= 0.3 is 0 Å². The quantitative estimate of drug-likeness (QED) is 0.323. The molecule has 0 saturated carbocycles. The number of benzene rings is 1. The minimum absolute atomic E-state index is 0.0734. The summed E-state index contributed by atoms with van der Waals surface area (Å²) in [5.41, 5.74) is 4.07. The molecule has 0 atom stereocenters. The number of hydrogen-bond donors (Lipinski definition) is 0. The van der Waals surface area contributed by atoms with Crippen LogP contribution in [0.4, 0.5) is 0 Å². The zero-order valence-corrected chi connectivity index (χ0v) is 24.5. The van der Waals surface area contributed by atoms with E-state index in [2.05, 4.69) is 102 Å². The second kappa shape index (κ2) is 9.30. The molecule has 0 amide bonds. The Labute approximate surface area is 208 Å². The van der Waals surface area contributed by atoms with Gasteiger partial charge in [0.05, 0.1) is 0 Å². The smallest absolute Gasteiger partial charge is 0.250 e. The number of aromatic nitrogens is 2. The van der Waals surface area contributed by atoms with Gasteiger partial charge < -0.3 is 8.85 Å². The van der Waals surface area contributed by atoms with E-state index in [9.17, 15) is 0 Å². The lowest BCUT2D eigenvalue weighted by Crippen LogP contribution is -2.44. The number of pyridine rings is 2. The summed E-state index contributed by atoms with van der Waals surface area (Å²) in [7, 11) is -4.19. The van der Waals surface area contributed by atoms with Crippen LogP contribution in [0, 0.1) is 0 Å². The topological polar surface area (TPSA) is 44.2 Å². The summed E-state index contributed by atoms with van der Waals surface area (Å²) >= 11 is 0. The first-order valence-corrected chi connectivity index (χ1v) is 17.8. The normalized spacial score (nSPS) is 13.0. The van der Waals surface area contributed by atoms with E-state index in [1.54, 1.807) is 12.4 Å². The number of hydrogen-bond acceptors (Lipinski definition) is 4. The second-order valence-corrected chi connectivity index (χ2v) is 21.5. The van der Waals surface area contributed by atoms with Crippen LogP contribution < -0.4 is 8.85 Å². The molecule has 182 valence electrons. The van der Waals surface area contributed by atoms with Crippen molar-refractivity contribution >= 4 is 16.6 Å². The van der Waals surface area contributed by atoms with Gasteiger partial charge in [-0.1, -0.05) is 53.7 Å². The summed E-state index contributed by atoms with van der Waals surface area (Å²) < 4.78 is 13.8. The van der Waals surface area contributed by atoms with E-state index in [0.717, 1.165) is 33.8 Å². The van der Waals surface area contributed by atoms with Crippen molar-refractivity contribution in [1.29, 1.82) is 0 Å². The summed E-state index contributed by atoms with van der Waals surface area (Å²) in [6, 6.07) is 12.4. The SMILES string of the molecule is CC(C)(C)[Si](C)(C)Oc1cc(-c2cccnc2)c(O[Si](C)(C)C(C)(C)C)cc1-c1cccnc1. The molecule has 0 aliphatic heterocycles. The first-order chi connectivity index (χ1) is 15.6. The van der Waals surface area contributed by atoms with Gasteiger partial charge in [0.1, 0.15) is 11.5 Å². The van der Waals surface area contributed by atoms with Crippen LogP contribution in [-0.2, 0) is 0 Å². The molecule has 1 aromatic carbocycles. The van der Waals surface area contributed by atoms with Crippen LogP contribution in [0.5, 0.6) is 11.5 Å². The lowest BCUT2D eigenvalue weighted by molar-refractivity contribution is 0.484. The Balaban J connectivity index is 2.29. The molecule has 0 unspecified atom stereocenters. The standard InChI is InChI=1S/C28H40N2O2Si2/c1-27(2,3)33(7,8)31-25-17-24(22-14-12-16-30-20-22)26(32-34(9,10)28(4,5)6)18-23(25)21-13-11-15-29-19-21/h11-20H,1-10H3. The Bertz CT molecular complexity index is 1030. The monoisotopic (exact) mass is 492 g/mol. The fourth-order valence-electron chi connectivity index (χ4n) is 3.08. The van der Waals surface area contributed by atoms with E-state index >= 15 is 0 Å². The Morgan fingerprint density at radius 3 is 1.24 bits per heavy atom. The van der Waals surface area contributed by atoms with Crippen LogP contribution in [-0.4, -0.2) is 26.6 Å². The Kier molecular flexibility index (Phi) is 7.16. The molecule has 0 aliphatic rings. The third-order valence-corrected chi connectivity index (χ3v) is 16.1. The molecule has 3 rings (SSSR count). The van der Waals surface area contributed by atoms with Crippen molar-refractivity contribution < 1.29 is 8.85 Å². The average Bonchev–Trinajstić information content (AvgIpc) is 2.73. The van der Waals surface area contributed by atoms with Gasteiger partial charge in [-0.05, 0) is 60.5 Å². The van der Waals surface area contributed by atoms with Crippen molar-refractivity contribution in [3.05, 3.63) is 61.2 Å². The molecule has 6 heteroatoms. The molecule has 2 aromatic heterocycles. The van der Waals surface area contributed by atoms with Crippen molar-refractivity contribution in [2.24, 2.45) is 0 Å². The fourth-order valence-corrected chi connectivity index (χ4v) is 5.13. The third-order valence-electron chi connectivity index (χ3n) is 7.37. The maximum absolute atomic E-state index is 6.91. The van der Waals surface area contributed by atoms with Gasteiger partial charge in [-0.15, -0.1) is 0 Å². The molecule has 3 aromatic rings. The maximum atomic E-state index is 6.91. The maximum Gasteiger partial charge on any atom is 0.250 e. The highest BCUT2D eigenvalue weighted by Crippen LogP contribution is 2.47. The summed E-state index contributed by atoms with van der Waals surface area (Å²) in [6.45, 7) is 22.7. The van der Waals surface area contributed by atoms with Gasteiger partial charge in [-0.2, -0.15) is 0 Å². The van der Waals surface area contributed by atoms with E-state index in [1.807, 2.05) is 24.5 Å². The predicted molar refractivity (Wildman–Crippen MR) is 149 cm³/mol. The van der Waals surface area contributed by atoms with Gasteiger partial charge in [0.2, 0.25) is 0 Å². The van der Waals surface area contributed by atoms with Gasteiger partial charge in [-0.3, -0.25) is 9.97 Å². The van der Waals surface area contributed by atoms with Crippen molar-refractivity contribution in [3.8, 4) is 33.8 Å². The van der Waals surface area contributed by atoms with Crippen molar-refractivity contribution in [2.45, 2.75) is 77.8 Å². The molecule has 34 heavy (non-hydrogen) atoms. The van der Waals surface area contributed by atoms with E-state index in [1.165, 1.54) is 0 Å². The highest BCUT2D eigenvalue weighted by atomic mass is 28.4. The Hall–Kier alpha value is -2.45. The van der Waals surface area contributed by atoms with E-state index in [-0.39, 0.29) is 10.1 Å². The van der Waals surface area contributed by atoms with Crippen molar-refractivity contribution in [2.75, 3.05) is 0 Å². The van der Waals surface area contributed by atoms with E-state index < -0.39 is 16.6 Å². The minimum atomic E-state index is -2.10.